The first-order valence-electron chi connectivity index (χ1n) is 10.6. The summed E-state index contributed by atoms with van der Waals surface area (Å²) in [6.07, 6.45) is 1.56. The zero-order valence-electron chi connectivity index (χ0n) is 18.4. The molecule has 0 saturated carbocycles. The fourth-order valence-corrected chi connectivity index (χ4v) is 3.60. The van der Waals surface area contributed by atoms with E-state index in [1.54, 1.807) is 41.2 Å². The molecule has 0 aliphatic heterocycles. The number of aromatic nitrogens is 3. The maximum Gasteiger partial charge on any atom is 0.254 e. The molecule has 0 radical (unpaired) electrons. The maximum absolute atomic E-state index is 14.4. The molecule has 1 aromatic heterocycles. The number of halogens is 2. The molecule has 0 unspecified atom stereocenters. The third-order valence-corrected chi connectivity index (χ3v) is 5.39. The Balaban J connectivity index is 1.62. The third kappa shape index (κ3) is 5.33. The van der Waals surface area contributed by atoms with Gasteiger partial charge in [-0.3, -0.25) is 4.79 Å². The van der Waals surface area contributed by atoms with E-state index in [-0.39, 0.29) is 24.6 Å². The van der Waals surface area contributed by atoms with Gasteiger partial charge in [-0.1, -0.05) is 35.9 Å². The second-order valence-corrected chi connectivity index (χ2v) is 7.95. The quantitative estimate of drug-likeness (QED) is 0.406. The number of amides is 1. The lowest BCUT2D eigenvalue weighted by atomic mass is 10.1. The van der Waals surface area contributed by atoms with Gasteiger partial charge in [-0.05, 0) is 42.8 Å². The van der Waals surface area contributed by atoms with Crippen molar-refractivity contribution in [2.24, 2.45) is 0 Å². The maximum atomic E-state index is 14.4. The molecular weight excluding hydrogens is 436 g/mol. The zero-order chi connectivity index (χ0) is 24.1. The molecule has 8 heteroatoms. The van der Waals surface area contributed by atoms with Crippen LogP contribution in [-0.4, -0.2) is 25.6 Å². The van der Waals surface area contributed by atoms with Crippen molar-refractivity contribution in [3.63, 3.8) is 0 Å². The lowest BCUT2D eigenvalue weighted by molar-refractivity contribution is 0.0722. The normalized spacial score (nSPS) is 10.6. The standard InChI is InChI=1S/C26H21F2N5O/c1-18-3-2-4-21(11-18)26(34)32(15-22-9-10-23(27)12-24(22)28)16-25-31-30-17-33(25)14-20-7-5-19(13-29)6-8-20/h2-12,17H,14-16H2,1H3. The van der Waals surface area contributed by atoms with Gasteiger partial charge in [-0.15, -0.1) is 10.2 Å². The van der Waals surface area contributed by atoms with E-state index < -0.39 is 11.6 Å². The number of nitrogens with zero attached hydrogens (tertiary/aromatic N) is 5. The molecule has 170 valence electrons. The van der Waals surface area contributed by atoms with E-state index in [1.807, 2.05) is 25.1 Å². The molecule has 0 aliphatic carbocycles. The highest BCUT2D eigenvalue weighted by Gasteiger charge is 2.21. The van der Waals surface area contributed by atoms with Gasteiger partial charge in [0.1, 0.15) is 18.0 Å². The fraction of sp³-hybridized carbons (Fsp3) is 0.154. The monoisotopic (exact) mass is 457 g/mol. The molecule has 0 saturated heterocycles. The van der Waals surface area contributed by atoms with Gasteiger partial charge in [0.25, 0.3) is 5.91 Å². The van der Waals surface area contributed by atoms with E-state index in [9.17, 15) is 13.6 Å². The van der Waals surface area contributed by atoms with Crippen molar-refractivity contribution in [2.75, 3.05) is 0 Å². The van der Waals surface area contributed by atoms with Crippen LogP contribution < -0.4 is 0 Å². The fourth-order valence-electron chi connectivity index (χ4n) is 3.60. The molecule has 4 rings (SSSR count). The largest absolute Gasteiger partial charge is 0.327 e. The first kappa shape index (κ1) is 22.8. The Morgan fingerprint density at radius 1 is 1.06 bits per heavy atom. The van der Waals surface area contributed by atoms with Gasteiger partial charge in [0, 0.05) is 23.7 Å². The highest BCUT2D eigenvalue weighted by molar-refractivity contribution is 5.94. The number of nitriles is 1. The number of rotatable bonds is 7. The third-order valence-electron chi connectivity index (χ3n) is 5.39. The summed E-state index contributed by atoms with van der Waals surface area (Å²) in [6.45, 7) is 2.32. The molecule has 0 aliphatic rings. The van der Waals surface area contributed by atoms with Gasteiger partial charge in [0.05, 0.1) is 24.7 Å². The van der Waals surface area contributed by atoms with Crippen LogP contribution in [-0.2, 0) is 19.6 Å². The Kier molecular flexibility index (Phi) is 6.74. The Morgan fingerprint density at radius 2 is 1.85 bits per heavy atom. The predicted octanol–water partition coefficient (Wildman–Crippen LogP) is 4.63. The van der Waals surface area contributed by atoms with Crippen LogP contribution in [0.3, 0.4) is 0 Å². The van der Waals surface area contributed by atoms with Crippen LogP contribution >= 0.6 is 0 Å². The number of carbonyl (C=O) groups is 1. The Bertz CT molecular complexity index is 1360. The molecular formula is C26H21F2N5O. The first-order valence-corrected chi connectivity index (χ1v) is 10.6. The van der Waals surface area contributed by atoms with Gasteiger partial charge in [-0.2, -0.15) is 5.26 Å². The van der Waals surface area contributed by atoms with Crippen LogP contribution in [0, 0.1) is 29.9 Å². The lowest BCUT2D eigenvalue weighted by Crippen LogP contribution is -2.32. The Morgan fingerprint density at radius 3 is 2.56 bits per heavy atom. The number of aryl methyl sites for hydroxylation is 1. The summed E-state index contributed by atoms with van der Waals surface area (Å²) in [5, 5.41) is 17.1. The molecule has 0 bridgehead atoms. The minimum Gasteiger partial charge on any atom is -0.327 e. The molecule has 0 fully saturated rings. The van der Waals surface area contributed by atoms with Crippen LogP contribution in [0.4, 0.5) is 8.78 Å². The molecule has 0 N–H and O–H groups in total. The summed E-state index contributed by atoms with van der Waals surface area (Å²) >= 11 is 0. The van der Waals surface area contributed by atoms with Crippen molar-refractivity contribution in [2.45, 2.75) is 26.6 Å². The highest BCUT2D eigenvalue weighted by atomic mass is 19.1. The molecule has 3 aromatic carbocycles. The van der Waals surface area contributed by atoms with E-state index in [2.05, 4.69) is 16.3 Å². The van der Waals surface area contributed by atoms with Crippen LogP contribution in [0.1, 0.15) is 38.4 Å². The predicted molar refractivity (Wildman–Crippen MR) is 121 cm³/mol. The SMILES string of the molecule is Cc1cccc(C(=O)N(Cc2ccc(F)cc2F)Cc2nncn2Cc2ccc(C#N)cc2)c1. The van der Waals surface area contributed by atoms with Crippen molar-refractivity contribution in [1.29, 1.82) is 5.26 Å². The summed E-state index contributed by atoms with van der Waals surface area (Å²) in [5.41, 5.74) is 3.06. The lowest BCUT2D eigenvalue weighted by Gasteiger charge is -2.23. The average Bonchev–Trinajstić information content (AvgIpc) is 3.26. The van der Waals surface area contributed by atoms with Crippen molar-refractivity contribution < 1.29 is 13.6 Å². The van der Waals surface area contributed by atoms with Crippen molar-refractivity contribution in [1.82, 2.24) is 19.7 Å². The molecule has 1 heterocycles. The minimum atomic E-state index is -0.721. The van der Waals surface area contributed by atoms with Crippen molar-refractivity contribution in [3.8, 4) is 6.07 Å². The van der Waals surface area contributed by atoms with E-state index in [4.69, 9.17) is 5.26 Å². The number of benzene rings is 3. The van der Waals surface area contributed by atoms with E-state index in [0.29, 0.717) is 23.5 Å². The van der Waals surface area contributed by atoms with Crippen LogP contribution in [0.15, 0.2) is 73.1 Å². The molecule has 6 nitrogen and oxygen atoms in total. The summed E-state index contributed by atoms with van der Waals surface area (Å²) in [6, 6.07) is 19.7. The van der Waals surface area contributed by atoms with E-state index >= 15 is 0 Å². The van der Waals surface area contributed by atoms with Gasteiger partial charge in [0.2, 0.25) is 0 Å². The van der Waals surface area contributed by atoms with Gasteiger partial charge >= 0.3 is 0 Å². The Labute approximate surface area is 195 Å². The number of hydrogen-bond acceptors (Lipinski definition) is 4. The summed E-state index contributed by atoms with van der Waals surface area (Å²) in [5.74, 6) is -1.20. The topological polar surface area (TPSA) is 74.8 Å². The van der Waals surface area contributed by atoms with Crippen LogP contribution in [0.2, 0.25) is 0 Å². The molecule has 0 spiro atoms. The van der Waals surface area contributed by atoms with Crippen molar-refractivity contribution >= 4 is 5.91 Å². The molecule has 34 heavy (non-hydrogen) atoms. The zero-order valence-corrected chi connectivity index (χ0v) is 18.4. The van der Waals surface area contributed by atoms with Gasteiger partial charge in [0.15, 0.2) is 5.82 Å². The summed E-state index contributed by atoms with van der Waals surface area (Å²) in [7, 11) is 0. The van der Waals surface area contributed by atoms with E-state index in [1.165, 1.54) is 17.0 Å². The molecule has 1 amide bonds. The van der Waals surface area contributed by atoms with E-state index in [0.717, 1.165) is 17.2 Å². The highest BCUT2D eigenvalue weighted by Crippen LogP contribution is 2.18. The van der Waals surface area contributed by atoms with Gasteiger partial charge < -0.3 is 9.47 Å². The average molecular weight is 457 g/mol. The number of hydrogen-bond donors (Lipinski definition) is 0. The summed E-state index contributed by atoms with van der Waals surface area (Å²) in [4.78, 5) is 14.9. The Hall–Kier alpha value is -4.38. The molecule has 0 atom stereocenters. The smallest absolute Gasteiger partial charge is 0.254 e. The van der Waals surface area contributed by atoms with Crippen LogP contribution in [0.25, 0.3) is 0 Å². The van der Waals surface area contributed by atoms with Gasteiger partial charge in [-0.25, -0.2) is 8.78 Å². The second kappa shape index (κ2) is 10.0. The van der Waals surface area contributed by atoms with Crippen LogP contribution in [0.5, 0.6) is 0 Å². The second-order valence-electron chi connectivity index (χ2n) is 7.95. The van der Waals surface area contributed by atoms with Crippen molar-refractivity contribution in [3.05, 3.63) is 118 Å². The first-order chi connectivity index (χ1) is 16.4. The minimum absolute atomic E-state index is 0.0669. The summed E-state index contributed by atoms with van der Waals surface area (Å²) < 4.78 is 29.6. The number of carbonyl (C=O) groups excluding carboxylic acids is 1. The molecule has 4 aromatic rings.